The molecular weight excluding hydrogens is 378 g/mol. The molecule has 1 aliphatic carbocycles. The van der Waals surface area contributed by atoms with Gasteiger partial charge in [0.15, 0.2) is 0 Å². The number of carbonyl (C=O) groups excluding carboxylic acids is 2. The van der Waals surface area contributed by atoms with Crippen LogP contribution in [-0.2, 0) is 32.5 Å². The number of aryl methyl sites for hydroxylation is 2. The second-order valence-electron chi connectivity index (χ2n) is 8.16. The molecule has 0 saturated carbocycles. The summed E-state index contributed by atoms with van der Waals surface area (Å²) in [7, 11) is -3.17. The number of nitrogens with one attached hydrogen (secondary N) is 1. The molecule has 7 nitrogen and oxygen atoms in total. The Balaban J connectivity index is 1.34. The number of benzene rings is 1. The number of hydrogen-bond donors (Lipinski definition) is 1. The van der Waals surface area contributed by atoms with Gasteiger partial charge in [0.2, 0.25) is 21.8 Å². The molecule has 28 heavy (non-hydrogen) atoms. The molecule has 1 atom stereocenters. The van der Waals surface area contributed by atoms with Crippen LogP contribution < -0.4 is 10.2 Å². The molecule has 1 aromatic rings. The summed E-state index contributed by atoms with van der Waals surface area (Å²) >= 11 is 0. The third kappa shape index (κ3) is 3.93. The van der Waals surface area contributed by atoms with Crippen LogP contribution >= 0.6 is 0 Å². The number of fused-ring (bicyclic) bond motifs is 1. The molecule has 4 rings (SSSR count). The van der Waals surface area contributed by atoms with Crippen molar-refractivity contribution in [3.63, 3.8) is 0 Å². The average molecular weight is 406 g/mol. The minimum absolute atomic E-state index is 0.00927. The van der Waals surface area contributed by atoms with Crippen LogP contribution in [0, 0.1) is 5.92 Å². The third-order valence-electron chi connectivity index (χ3n) is 6.16. The van der Waals surface area contributed by atoms with E-state index in [4.69, 9.17) is 0 Å². The molecule has 8 heteroatoms. The normalized spacial score (nSPS) is 23.8. The Kier molecular flexibility index (Phi) is 5.18. The monoisotopic (exact) mass is 405 g/mol. The molecule has 0 unspecified atom stereocenters. The van der Waals surface area contributed by atoms with Crippen molar-refractivity contribution < 1.29 is 18.0 Å². The van der Waals surface area contributed by atoms with Crippen LogP contribution in [0.15, 0.2) is 18.2 Å². The van der Waals surface area contributed by atoms with Crippen LogP contribution in [0.4, 0.5) is 5.69 Å². The van der Waals surface area contributed by atoms with Gasteiger partial charge in [0.05, 0.1) is 12.2 Å². The van der Waals surface area contributed by atoms with Crippen LogP contribution in [0.1, 0.15) is 36.8 Å². The number of nitrogens with zero attached hydrogens (tertiary/aromatic N) is 2. The van der Waals surface area contributed by atoms with Crippen molar-refractivity contribution in [3.05, 3.63) is 29.3 Å². The Hall–Kier alpha value is -1.93. The highest BCUT2D eigenvalue weighted by Crippen LogP contribution is 2.30. The number of sulfonamides is 1. The summed E-state index contributed by atoms with van der Waals surface area (Å²) in [5, 5.41) is 3.03. The minimum atomic E-state index is -3.17. The lowest BCUT2D eigenvalue weighted by Gasteiger charge is -2.31. The fourth-order valence-corrected chi connectivity index (χ4v) is 5.38. The fourth-order valence-electron chi connectivity index (χ4n) is 4.51. The lowest BCUT2D eigenvalue weighted by Crippen LogP contribution is -2.47. The summed E-state index contributed by atoms with van der Waals surface area (Å²) in [6, 6.07) is 6.16. The van der Waals surface area contributed by atoms with E-state index >= 15 is 0 Å². The van der Waals surface area contributed by atoms with Crippen molar-refractivity contribution >= 4 is 27.5 Å². The number of piperidine rings is 1. The largest absolute Gasteiger partial charge is 0.353 e. The molecule has 2 amide bonds. The third-order valence-corrected chi connectivity index (χ3v) is 7.46. The highest BCUT2D eigenvalue weighted by molar-refractivity contribution is 7.88. The van der Waals surface area contributed by atoms with Crippen LogP contribution in [0.2, 0.25) is 0 Å². The summed E-state index contributed by atoms with van der Waals surface area (Å²) < 4.78 is 24.6. The van der Waals surface area contributed by atoms with E-state index in [2.05, 4.69) is 17.4 Å². The van der Waals surface area contributed by atoms with E-state index in [0.29, 0.717) is 32.5 Å². The van der Waals surface area contributed by atoms with E-state index in [1.807, 2.05) is 6.07 Å². The van der Waals surface area contributed by atoms with E-state index < -0.39 is 10.0 Å². The summed E-state index contributed by atoms with van der Waals surface area (Å²) in [6.07, 6.45) is 5.97. The standard InChI is InChI=1S/C20H27N3O4S/c1-28(26,27)22-9-7-17(8-10-22)21-20(25)16-12-19(24)23(13-16)18-6-5-14-3-2-4-15(14)11-18/h5-6,11,16-17H,2-4,7-10,12-13H2,1H3,(H,21,25)/t16-/m1/s1. The van der Waals surface area contributed by atoms with Gasteiger partial charge in [-0.25, -0.2) is 12.7 Å². The van der Waals surface area contributed by atoms with Crippen LogP contribution in [0.5, 0.6) is 0 Å². The van der Waals surface area contributed by atoms with Crippen molar-refractivity contribution in [2.24, 2.45) is 5.92 Å². The Morgan fingerprint density at radius 1 is 1.14 bits per heavy atom. The molecule has 0 bridgehead atoms. The van der Waals surface area contributed by atoms with E-state index in [1.54, 1.807) is 4.90 Å². The Morgan fingerprint density at radius 2 is 1.86 bits per heavy atom. The summed E-state index contributed by atoms with van der Waals surface area (Å²) in [5.41, 5.74) is 3.57. The molecule has 0 radical (unpaired) electrons. The first-order chi connectivity index (χ1) is 13.3. The molecule has 2 fully saturated rings. The van der Waals surface area contributed by atoms with Gasteiger partial charge < -0.3 is 10.2 Å². The molecule has 0 aromatic heterocycles. The van der Waals surface area contributed by atoms with Gasteiger partial charge in [-0.3, -0.25) is 9.59 Å². The zero-order chi connectivity index (χ0) is 19.9. The average Bonchev–Trinajstić information content (AvgIpc) is 3.27. The predicted octanol–water partition coefficient (Wildman–Crippen LogP) is 1.07. The molecule has 2 saturated heterocycles. The molecule has 3 aliphatic rings. The molecule has 2 aliphatic heterocycles. The lowest BCUT2D eigenvalue weighted by molar-refractivity contribution is -0.127. The second kappa shape index (κ2) is 7.48. The quantitative estimate of drug-likeness (QED) is 0.812. The number of carbonyl (C=O) groups is 2. The number of anilines is 1. The van der Waals surface area contributed by atoms with Gasteiger partial charge in [-0.05, 0) is 55.4 Å². The van der Waals surface area contributed by atoms with Crippen molar-refractivity contribution in [1.29, 1.82) is 0 Å². The van der Waals surface area contributed by atoms with Gasteiger partial charge in [-0.2, -0.15) is 0 Å². The van der Waals surface area contributed by atoms with Crippen LogP contribution in [0.3, 0.4) is 0 Å². The van der Waals surface area contributed by atoms with Crippen molar-refractivity contribution in [1.82, 2.24) is 9.62 Å². The maximum Gasteiger partial charge on any atom is 0.227 e. The molecule has 2 heterocycles. The second-order valence-corrected chi connectivity index (χ2v) is 10.1. The Morgan fingerprint density at radius 3 is 2.57 bits per heavy atom. The van der Waals surface area contributed by atoms with E-state index in [9.17, 15) is 18.0 Å². The summed E-state index contributed by atoms with van der Waals surface area (Å²) in [4.78, 5) is 26.9. The highest BCUT2D eigenvalue weighted by Gasteiger charge is 2.36. The lowest BCUT2D eigenvalue weighted by atomic mass is 10.0. The van der Waals surface area contributed by atoms with Gasteiger partial charge in [-0.1, -0.05) is 6.07 Å². The Bertz CT molecular complexity index is 891. The van der Waals surface area contributed by atoms with Crippen molar-refractivity contribution in [2.75, 3.05) is 30.8 Å². The SMILES string of the molecule is CS(=O)(=O)N1CCC(NC(=O)[C@@H]2CC(=O)N(c3ccc4c(c3)CCC4)C2)CC1. The Labute approximate surface area is 166 Å². The van der Waals surface area contributed by atoms with Crippen LogP contribution in [0.25, 0.3) is 0 Å². The first kappa shape index (κ1) is 19.4. The predicted molar refractivity (Wildman–Crippen MR) is 107 cm³/mol. The maximum atomic E-state index is 12.7. The van der Waals surface area contributed by atoms with Crippen LogP contribution in [-0.4, -0.2) is 56.5 Å². The van der Waals surface area contributed by atoms with Gasteiger partial charge in [0, 0.05) is 37.8 Å². The molecule has 152 valence electrons. The molecule has 1 aromatic carbocycles. The number of hydrogen-bond acceptors (Lipinski definition) is 4. The topological polar surface area (TPSA) is 86.8 Å². The first-order valence-electron chi connectivity index (χ1n) is 9.99. The van der Waals surface area contributed by atoms with Crippen molar-refractivity contribution in [3.8, 4) is 0 Å². The fraction of sp³-hybridized carbons (Fsp3) is 0.600. The van der Waals surface area contributed by atoms with Gasteiger partial charge in [-0.15, -0.1) is 0 Å². The van der Waals surface area contributed by atoms with Crippen molar-refractivity contribution in [2.45, 2.75) is 44.6 Å². The van der Waals surface area contributed by atoms with Gasteiger partial charge >= 0.3 is 0 Å². The highest BCUT2D eigenvalue weighted by atomic mass is 32.2. The smallest absolute Gasteiger partial charge is 0.227 e. The molecular formula is C20H27N3O4S. The first-order valence-corrected chi connectivity index (χ1v) is 11.8. The van der Waals surface area contributed by atoms with E-state index in [-0.39, 0.29) is 30.2 Å². The van der Waals surface area contributed by atoms with E-state index in [0.717, 1.165) is 24.9 Å². The molecule has 0 spiro atoms. The zero-order valence-electron chi connectivity index (χ0n) is 16.2. The van der Waals surface area contributed by atoms with E-state index in [1.165, 1.54) is 21.7 Å². The summed E-state index contributed by atoms with van der Waals surface area (Å²) in [5.74, 6) is -0.464. The maximum absolute atomic E-state index is 12.7. The number of amides is 2. The summed E-state index contributed by atoms with van der Waals surface area (Å²) in [6.45, 7) is 1.26. The zero-order valence-corrected chi connectivity index (χ0v) is 17.0. The number of rotatable bonds is 4. The minimum Gasteiger partial charge on any atom is -0.353 e. The van der Waals surface area contributed by atoms with Gasteiger partial charge in [0.1, 0.15) is 0 Å². The van der Waals surface area contributed by atoms with Gasteiger partial charge in [0.25, 0.3) is 0 Å². The molecule has 1 N–H and O–H groups in total.